The molecule has 1 saturated heterocycles. The van der Waals surface area contributed by atoms with Crippen molar-refractivity contribution >= 4 is 12.0 Å². The van der Waals surface area contributed by atoms with Crippen LogP contribution in [-0.2, 0) is 17.5 Å². The fourth-order valence-corrected chi connectivity index (χ4v) is 6.01. The molecule has 246 valence electrons. The summed E-state index contributed by atoms with van der Waals surface area (Å²) in [6, 6.07) is 26.1. The Kier molecular flexibility index (Phi) is 9.65. The first kappa shape index (κ1) is 32.6. The van der Waals surface area contributed by atoms with Gasteiger partial charge in [-0.15, -0.1) is 5.10 Å². The highest BCUT2D eigenvalue weighted by Crippen LogP contribution is 2.39. The molecule has 0 unspecified atom stereocenters. The molecule has 1 aliphatic heterocycles. The highest BCUT2D eigenvalue weighted by atomic mass is 19.4. The summed E-state index contributed by atoms with van der Waals surface area (Å²) in [6.07, 6.45) is -2.01. The Bertz CT molecular complexity index is 1860. The summed E-state index contributed by atoms with van der Waals surface area (Å²) < 4.78 is 46.7. The molecule has 2 aromatic heterocycles. The number of halogens is 3. The van der Waals surface area contributed by atoms with Gasteiger partial charge in [0.05, 0.1) is 23.0 Å². The SMILES string of the molecule is Cc1c(C2CCN(C(=O)OCc3ccccc3)CC2)nnc(-c2cccc(C(F)(F)F)c2)c1-c1ccnc(N[C@@H](C)c2ccccc2)n1. The number of likely N-dealkylation sites (tertiary alicyclic amines) is 1. The number of ether oxygens (including phenoxy) is 1. The van der Waals surface area contributed by atoms with Crippen molar-refractivity contribution in [1.29, 1.82) is 0 Å². The van der Waals surface area contributed by atoms with Gasteiger partial charge in [0, 0.05) is 36.3 Å². The molecule has 48 heavy (non-hydrogen) atoms. The Morgan fingerprint density at radius 1 is 0.958 bits per heavy atom. The van der Waals surface area contributed by atoms with Crippen molar-refractivity contribution in [3.05, 3.63) is 125 Å². The summed E-state index contributed by atoms with van der Waals surface area (Å²) in [5.74, 6) is 0.349. The quantitative estimate of drug-likeness (QED) is 0.179. The van der Waals surface area contributed by atoms with Crippen LogP contribution < -0.4 is 5.32 Å². The monoisotopic (exact) mass is 652 g/mol. The largest absolute Gasteiger partial charge is 0.445 e. The minimum Gasteiger partial charge on any atom is -0.445 e. The van der Waals surface area contributed by atoms with Gasteiger partial charge in [0.25, 0.3) is 0 Å². The predicted molar refractivity (Wildman–Crippen MR) is 177 cm³/mol. The number of piperidine rings is 1. The second kappa shape index (κ2) is 14.2. The van der Waals surface area contributed by atoms with Gasteiger partial charge < -0.3 is 15.0 Å². The summed E-state index contributed by atoms with van der Waals surface area (Å²) in [7, 11) is 0. The van der Waals surface area contributed by atoms with Gasteiger partial charge >= 0.3 is 12.3 Å². The van der Waals surface area contributed by atoms with Gasteiger partial charge in [0.1, 0.15) is 12.3 Å². The molecule has 0 saturated carbocycles. The van der Waals surface area contributed by atoms with E-state index in [0.29, 0.717) is 48.8 Å². The molecular weight excluding hydrogens is 617 g/mol. The molecule has 1 fully saturated rings. The molecule has 1 aliphatic rings. The van der Waals surface area contributed by atoms with Crippen LogP contribution in [0.1, 0.15) is 59.7 Å². The number of amides is 1. The Morgan fingerprint density at radius 2 is 1.67 bits per heavy atom. The maximum atomic E-state index is 13.7. The van der Waals surface area contributed by atoms with Crippen LogP contribution in [0.5, 0.6) is 0 Å². The first-order valence-electron chi connectivity index (χ1n) is 15.8. The van der Waals surface area contributed by atoms with Crippen LogP contribution in [0.2, 0.25) is 0 Å². The molecule has 3 heterocycles. The fourth-order valence-electron chi connectivity index (χ4n) is 6.01. The second-order valence-electron chi connectivity index (χ2n) is 11.9. The van der Waals surface area contributed by atoms with Crippen LogP contribution in [0.3, 0.4) is 0 Å². The molecule has 1 N–H and O–H groups in total. The first-order valence-corrected chi connectivity index (χ1v) is 15.8. The Morgan fingerprint density at radius 3 is 2.38 bits per heavy atom. The van der Waals surface area contributed by atoms with Gasteiger partial charge in [-0.25, -0.2) is 14.8 Å². The number of benzene rings is 3. The molecule has 0 bridgehead atoms. The lowest BCUT2D eigenvalue weighted by atomic mass is 9.88. The van der Waals surface area contributed by atoms with Crippen molar-refractivity contribution in [3.63, 3.8) is 0 Å². The van der Waals surface area contributed by atoms with Crippen LogP contribution >= 0.6 is 0 Å². The Balaban J connectivity index is 1.29. The molecule has 6 rings (SSSR count). The fraction of sp³-hybridized carbons (Fsp3) is 0.270. The second-order valence-corrected chi connectivity index (χ2v) is 11.9. The van der Waals surface area contributed by atoms with Crippen LogP contribution in [0.15, 0.2) is 97.2 Å². The van der Waals surface area contributed by atoms with Gasteiger partial charge in [0.15, 0.2) is 0 Å². The Labute approximate surface area is 277 Å². The average Bonchev–Trinajstić information content (AvgIpc) is 3.11. The minimum absolute atomic E-state index is 0.0254. The van der Waals surface area contributed by atoms with Crippen molar-refractivity contribution < 1.29 is 22.7 Å². The molecule has 8 nitrogen and oxygen atoms in total. The van der Waals surface area contributed by atoms with Crippen molar-refractivity contribution in [2.24, 2.45) is 0 Å². The zero-order chi connectivity index (χ0) is 33.7. The number of nitrogens with one attached hydrogen (secondary N) is 1. The van der Waals surface area contributed by atoms with E-state index >= 15 is 0 Å². The molecule has 1 amide bonds. The zero-order valence-corrected chi connectivity index (χ0v) is 26.6. The van der Waals surface area contributed by atoms with E-state index in [-0.39, 0.29) is 30.2 Å². The summed E-state index contributed by atoms with van der Waals surface area (Å²) in [4.78, 5) is 23.7. The number of nitrogens with zero attached hydrogens (tertiary/aromatic N) is 5. The van der Waals surface area contributed by atoms with Crippen LogP contribution in [0, 0.1) is 6.92 Å². The maximum absolute atomic E-state index is 13.7. The van der Waals surface area contributed by atoms with Crippen LogP contribution in [0.4, 0.5) is 23.9 Å². The van der Waals surface area contributed by atoms with E-state index in [1.54, 1.807) is 23.2 Å². The van der Waals surface area contributed by atoms with Crippen molar-refractivity contribution in [1.82, 2.24) is 25.1 Å². The van der Waals surface area contributed by atoms with Gasteiger partial charge in [0.2, 0.25) is 5.95 Å². The number of carbonyl (C=O) groups excluding carboxylic acids is 1. The van der Waals surface area contributed by atoms with E-state index in [1.165, 1.54) is 6.07 Å². The predicted octanol–water partition coefficient (Wildman–Crippen LogP) is 8.62. The smallest absolute Gasteiger partial charge is 0.416 e. The van der Waals surface area contributed by atoms with E-state index in [4.69, 9.17) is 9.72 Å². The number of aromatic nitrogens is 4. The number of alkyl halides is 3. The molecule has 3 aromatic carbocycles. The lowest BCUT2D eigenvalue weighted by Crippen LogP contribution is -2.38. The summed E-state index contributed by atoms with van der Waals surface area (Å²) in [5, 5.41) is 12.5. The number of carbonyl (C=O) groups is 1. The minimum atomic E-state index is -4.52. The highest BCUT2D eigenvalue weighted by molar-refractivity contribution is 5.82. The van der Waals surface area contributed by atoms with E-state index in [0.717, 1.165) is 34.5 Å². The molecule has 0 radical (unpaired) electrons. The number of hydrogen-bond donors (Lipinski definition) is 1. The molecule has 5 aromatic rings. The van der Waals surface area contributed by atoms with E-state index in [1.807, 2.05) is 74.5 Å². The van der Waals surface area contributed by atoms with Crippen molar-refractivity contribution in [3.8, 4) is 22.5 Å². The van der Waals surface area contributed by atoms with Gasteiger partial charge in [-0.1, -0.05) is 72.8 Å². The van der Waals surface area contributed by atoms with Gasteiger partial charge in [-0.3, -0.25) is 0 Å². The number of anilines is 1. The van der Waals surface area contributed by atoms with Crippen molar-refractivity contribution in [2.75, 3.05) is 18.4 Å². The van der Waals surface area contributed by atoms with Gasteiger partial charge in [-0.2, -0.15) is 18.3 Å². The number of rotatable bonds is 8. The standard InChI is InChI=1S/C37H35F3N6O2/c1-24-32(31-16-19-41-35(43-31)42-25(2)27-12-7-4-8-13-27)34(29-14-9-15-30(22-29)37(38,39)40)45-44-33(24)28-17-20-46(21-18-28)36(47)48-23-26-10-5-3-6-11-26/h3-16,19,22,25,28H,17-18,20-21,23H2,1-2H3,(H,41,42,43)/t25-/m0/s1. The summed E-state index contributed by atoms with van der Waals surface area (Å²) in [6.45, 7) is 5.05. The number of hydrogen-bond acceptors (Lipinski definition) is 7. The topological polar surface area (TPSA) is 93.1 Å². The van der Waals surface area contributed by atoms with E-state index < -0.39 is 11.7 Å². The zero-order valence-electron chi connectivity index (χ0n) is 26.6. The molecular formula is C37H35F3N6O2. The Hall–Kier alpha value is -5.32. The third kappa shape index (κ3) is 7.46. The maximum Gasteiger partial charge on any atom is 0.416 e. The average molecular weight is 653 g/mol. The van der Waals surface area contributed by atoms with Crippen molar-refractivity contribution in [2.45, 2.75) is 51.4 Å². The highest BCUT2D eigenvalue weighted by Gasteiger charge is 2.32. The third-order valence-corrected chi connectivity index (χ3v) is 8.62. The summed E-state index contributed by atoms with van der Waals surface area (Å²) >= 11 is 0. The van der Waals surface area contributed by atoms with E-state index in [9.17, 15) is 18.0 Å². The third-order valence-electron chi connectivity index (χ3n) is 8.62. The molecule has 0 spiro atoms. The normalized spacial score (nSPS) is 14.4. The van der Waals surface area contributed by atoms with E-state index in [2.05, 4.69) is 20.5 Å². The molecule has 1 atom stereocenters. The lowest BCUT2D eigenvalue weighted by Gasteiger charge is -2.31. The first-order chi connectivity index (χ1) is 23.2. The van der Waals surface area contributed by atoms with Gasteiger partial charge in [-0.05, 0) is 61.6 Å². The molecule has 11 heteroatoms. The molecule has 0 aliphatic carbocycles. The van der Waals surface area contributed by atoms with Crippen LogP contribution in [0.25, 0.3) is 22.5 Å². The van der Waals surface area contributed by atoms with Crippen LogP contribution in [-0.4, -0.2) is 44.2 Å². The summed E-state index contributed by atoms with van der Waals surface area (Å²) in [5.41, 5.74) is 4.36. The lowest BCUT2D eigenvalue weighted by molar-refractivity contribution is -0.137.